The Labute approximate surface area is 140 Å². The number of amides is 1. The molecule has 0 unspecified atom stereocenters. The third-order valence-electron chi connectivity index (χ3n) is 3.57. The van der Waals surface area contributed by atoms with Crippen molar-refractivity contribution in [3.05, 3.63) is 38.7 Å². The summed E-state index contributed by atoms with van der Waals surface area (Å²) in [5.74, 6) is 0.882. The molecule has 4 heterocycles. The first-order chi connectivity index (χ1) is 11.2. The second-order valence-electron chi connectivity index (χ2n) is 5.12. The first-order valence-electron chi connectivity index (χ1n) is 7.09. The molecule has 1 aliphatic heterocycles. The summed E-state index contributed by atoms with van der Waals surface area (Å²) < 4.78 is 10.9. The van der Waals surface area contributed by atoms with Crippen LogP contribution in [0.25, 0.3) is 11.5 Å². The summed E-state index contributed by atoms with van der Waals surface area (Å²) >= 11 is 3.00. The van der Waals surface area contributed by atoms with Crippen molar-refractivity contribution >= 4 is 33.6 Å². The standard InChI is InChI=1S/C15H13N3O3S2/c1-8-16-14(21-18-8)12-10-2-4-20-6-11(10)23-15(12)17-13(19)9-3-5-22-7-9/h3,5,7H,2,4,6H2,1H3,(H,17,19). The van der Waals surface area contributed by atoms with Gasteiger partial charge < -0.3 is 14.6 Å². The molecule has 0 fully saturated rings. The Bertz CT molecular complexity index is 852. The molecule has 0 saturated carbocycles. The van der Waals surface area contributed by atoms with E-state index in [9.17, 15) is 4.79 Å². The Kier molecular flexibility index (Phi) is 3.72. The first kappa shape index (κ1) is 14.6. The average Bonchev–Trinajstić information content (AvgIpc) is 3.25. The van der Waals surface area contributed by atoms with E-state index >= 15 is 0 Å². The SMILES string of the molecule is Cc1noc(-c2c(NC(=O)c3ccsc3)sc3c2CCOC3)n1. The molecular formula is C15H13N3O3S2. The number of fused-ring (bicyclic) bond motifs is 1. The zero-order chi connectivity index (χ0) is 15.8. The molecule has 1 N–H and O–H groups in total. The Morgan fingerprint density at radius 2 is 2.35 bits per heavy atom. The lowest BCUT2D eigenvalue weighted by molar-refractivity contribution is 0.102. The van der Waals surface area contributed by atoms with Crippen LogP contribution in [0.4, 0.5) is 5.00 Å². The van der Waals surface area contributed by atoms with E-state index in [1.165, 1.54) is 22.7 Å². The number of aryl methyl sites for hydroxylation is 1. The highest BCUT2D eigenvalue weighted by Crippen LogP contribution is 2.42. The maximum atomic E-state index is 12.4. The normalized spacial score (nSPS) is 13.8. The van der Waals surface area contributed by atoms with Gasteiger partial charge in [-0.1, -0.05) is 5.16 Å². The Hall–Kier alpha value is -2.03. The van der Waals surface area contributed by atoms with E-state index in [0.29, 0.717) is 30.5 Å². The van der Waals surface area contributed by atoms with Crippen LogP contribution in [0.1, 0.15) is 26.6 Å². The number of ether oxygens (including phenoxy) is 1. The van der Waals surface area contributed by atoms with Crippen LogP contribution >= 0.6 is 22.7 Å². The van der Waals surface area contributed by atoms with Gasteiger partial charge in [-0.2, -0.15) is 16.3 Å². The van der Waals surface area contributed by atoms with E-state index in [1.807, 2.05) is 10.8 Å². The highest BCUT2D eigenvalue weighted by atomic mass is 32.1. The van der Waals surface area contributed by atoms with E-state index < -0.39 is 0 Å². The van der Waals surface area contributed by atoms with Gasteiger partial charge in [-0.15, -0.1) is 11.3 Å². The number of anilines is 1. The van der Waals surface area contributed by atoms with Gasteiger partial charge in [0.15, 0.2) is 5.82 Å². The highest BCUT2D eigenvalue weighted by molar-refractivity contribution is 7.17. The Balaban J connectivity index is 1.76. The average molecular weight is 347 g/mol. The Morgan fingerprint density at radius 3 is 3.09 bits per heavy atom. The van der Waals surface area contributed by atoms with E-state index in [0.717, 1.165) is 27.4 Å². The quantitative estimate of drug-likeness (QED) is 0.785. The van der Waals surface area contributed by atoms with E-state index in [2.05, 4.69) is 15.5 Å². The fourth-order valence-electron chi connectivity index (χ4n) is 2.51. The van der Waals surface area contributed by atoms with Gasteiger partial charge in [-0.25, -0.2) is 0 Å². The molecule has 6 nitrogen and oxygen atoms in total. The second-order valence-corrected chi connectivity index (χ2v) is 7.01. The molecule has 0 saturated heterocycles. The van der Waals surface area contributed by atoms with Crippen molar-refractivity contribution in [1.82, 2.24) is 10.1 Å². The molecule has 3 aromatic rings. The molecule has 0 atom stereocenters. The molecule has 0 aromatic carbocycles. The minimum absolute atomic E-state index is 0.136. The monoisotopic (exact) mass is 347 g/mol. The van der Waals surface area contributed by atoms with Crippen LogP contribution in [0.3, 0.4) is 0 Å². The molecule has 8 heteroatoms. The minimum Gasteiger partial charge on any atom is -0.376 e. The first-order valence-corrected chi connectivity index (χ1v) is 8.85. The zero-order valence-electron chi connectivity index (χ0n) is 12.3. The molecular weight excluding hydrogens is 334 g/mol. The van der Waals surface area contributed by atoms with Gasteiger partial charge in [-0.3, -0.25) is 4.79 Å². The summed E-state index contributed by atoms with van der Waals surface area (Å²) in [6.07, 6.45) is 0.775. The number of aromatic nitrogens is 2. The van der Waals surface area contributed by atoms with Crippen LogP contribution < -0.4 is 5.32 Å². The van der Waals surface area contributed by atoms with Crippen molar-refractivity contribution in [3.63, 3.8) is 0 Å². The van der Waals surface area contributed by atoms with E-state index in [4.69, 9.17) is 9.26 Å². The van der Waals surface area contributed by atoms with Gasteiger partial charge in [-0.05, 0) is 30.4 Å². The smallest absolute Gasteiger partial charge is 0.261 e. The molecule has 0 spiro atoms. The number of nitrogens with zero attached hydrogens (tertiary/aromatic N) is 2. The van der Waals surface area contributed by atoms with Crippen LogP contribution in [0.5, 0.6) is 0 Å². The summed E-state index contributed by atoms with van der Waals surface area (Å²) in [5, 5.41) is 11.3. The minimum atomic E-state index is -0.136. The zero-order valence-corrected chi connectivity index (χ0v) is 13.9. The molecule has 23 heavy (non-hydrogen) atoms. The molecule has 1 aliphatic rings. The Morgan fingerprint density at radius 1 is 1.43 bits per heavy atom. The van der Waals surface area contributed by atoms with Crippen molar-refractivity contribution in [1.29, 1.82) is 0 Å². The van der Waals surface area contributed by atoms with Crippen LogP contribution in [-0.4, -0.2) is 22.7 Å². The number of hydrogen-bond acceptors (Lipinski definition) is 7. The van der Waals surface area contributed by atoms with Gasteiger partial charge in [0.25, 0.3) is 11.8 Å². The number of rotatable bonds is 3. The lowest BCUT2D eigenvalue weighted by Gasteiger charge is -2.12. The van der Waals surface area contributed by atoms with Crippen molar-refractivity contribution in [2.75, 3.05) is 11.9 Å². The molecule has 0 bridgehead atoms. The number of carbonyl (C=O) groups is 1. The fourth-order valence-corrected chi connectivity index (χ4v) is 4.32. The van der Waals surface area contributed by atoms with Crippen molar-refractivity contribution < 1.29 is 14.1 Å². The molecule has 118 valence electrons. The highest BCUT2D eigenvalue weighted by Gasteiger charge is 2.26. The predicted octanol–water partition coefficient (Wildman–Crippen LogP) is 3.49. The van der Waals surface area contributed by atoms with Crippen LogP contribution in [0.2, 0.25) is 0 Å². The van der Waals surface area contributed by atoms with Gasteiger partial charge in [0.2, 0.25) is 0 Å². The third kappa shape index (κ3) is 2.69. The predicted molar refractivity (Wildman–Crippen MR) is 88.0 cm³/mol. The van der Waals surface area contributed by atoms with Gasteiger partial charge >= 0.3 is 0 Å². The van der Waals surface area contributed by atoms with E-state index in [1.54, 1.807) is 13.0 Å². The lowest BCUT2D eigenvalue weighted by atomic mass is 10.1. The number of hydrogen-bond donors (Lipinski definition) is 1. The van der Waals surface area contributed by atoms with Gasteiger partial charge in [0, 0.05) is 10.3 Å². The van der Waals surface area contributed by atoms with Crippen LogP contribution in [0, 0.1) is 6.92 Å². The number of nitrogens with one attached hydrogen (secondary N) is 1. The lowest BCUT2D eigenvalue weighted by Crippen LogP contribution is -2.11. The van der Waals surface area contributed by atoms with Crippen LogP contribution in [0.15, 0.2) is 21.3 Å². The molecule has 3 aromatic heterocycles. The topological polar surface area (TPSA) is 77.2 Å². The van der Waals surface area contributed by atoms with E-state index in [-0.39, 0.29) is 5.91 Å². The third-order valence-corrected chi connectivity index (χ3v) is 5.38. The molecule has 1 amide bonds. The van der Waals surface area contributed by atoms with Crippen molar-refractivity contribution in [2.45, 2.75) is 20.0 Å². The fraction of sp³-hybridized carbons (Fsp3) is 0.267. The largest absolute Gasteiger partial charge is 0.376 e. The summed E-state index contributed by atoms with van der Waals surface area (Å²) in [6.45, 7) is 2.98. The summed E-state index contributed by atoms with van der Waals surface area (Å²) in [7, 11) is 0. The van der Waals surface area contributed by atoms with Crippen molar-refractivity contribution in [2.24, 2.45) is 0 Å². The molecule has 0 radical (unpaired) electrons. The van der Waals surface area contributed by atoms with Gasteiger partial charge in [0.05, 0.1) is 24.3 Å². The van der Waals surface area contributed by atoms with Crippen molar-refractivity contribution in [3.8, 4) is 11.5 Å². The van der Waals surface area contributed by atoms with Crippen LogP contribution in [-0.2, 0) is 17.8 Å². The second kappa shape index (κ2) is 5.88. The summed E-state index contributed by atoms with van der Waals surface area (Å²) in [5.41, 5.74) is 2.60. The van der Waals surface area contributed by atoms with Gasteiger partial charge in [0.1, 0.15) is 5.00 Å². The maximum Gasteiger partial charge on any atom is 0.261 e. The molecule has 4 rings (SSSR count). The summed E-state index contributed by atoms with van der Waals surface area (Å²) in [6, 6.07) is 1.80. The molecule has 0 aliphatic carbocycles. The maximum absolute atomic E-state index is 12.4. The summed E-state index contributed by atoms with van der Waals surface area (Å²) in [4.78, 5) is 17.8. The number of thiophene rings is 2. The number of carbonyl (C=O) groups excluding carboxylic acids is 1.